The number of carbonyl (C=O) groups excluding carboxylic acids is 1. The van der Waals surface area contributed by atoms with E-state index in [2.05, 4.69) is 44.6 Å². The summed E-state index contributed by atoms with van der Waals surface area (Å²) >= 11 is 1.70. The molecule has 4 rings (SSSR count). The molecule has 1 aliphatic heterocycles. The number of nitrogens with one attached hydrogen (secondary N) is 2. The zero-order valence-corrected chi connectivity index (χ0v) is 14.5. The second-order valence-corrected chi connectivity index (χ2v) is 7.95. The van der Waals surface area contributed by atoms with Crippen molar-refractivity contribution in [3.05, 3.63) is 30.4 Å². The molecule has 0 spiro atoms. The van der Waals surface area contributed by atoms with E-state index < -0.39 is 5.54 Å². The van der Waals surface area contributed by atoms with Crippen molar-refractivity contribution in [1.82, 2.24) is 20.0 Å². The Balaban J connectivity index is 1.59. The zero-order valence-electron chi connectivity index (χ0n) is 13.7. The predicted molar refractivity (Wildman–Crippen MR) is 91.5 cm³/mol. The smallest absolute Gasteiger partial charge is 0.224 e. The average Bonchev–Trinajstić information content (AvgIpc) is 2.90. The highest BCUT2D eigenvalue weighted by Gasteiger charge is 2.57. The van der Waals surface area contributed by atoms with Crippen LogP contribution in [0.25, 0.3) is 5.52 Å². The maximum absolute atomic E-state index is 12.6. The molecule has 6 heteroatoms. The van der Waals surface area contributed by atoms with Crippen molar-refractivity contribution in [3.63, 3.8) is 0 Å². The van der Waals surface area contributed by atoms with Crippen LogP contribution in [0.15, 0.2) is 29.4 Å². The second kappa shape index (κ2) is 5.24. The number of hydrogen-bond donors (Lipinski definition) is 2. The number of carbonyl (C=O) groups is 1. The Morgan fingerprint density at radius 3 is 2.83 bits per heavy atom. The summed E-state index contributed by atoms with van der Waals surface area (Å²) < 4.78 is 2.08. The fourth-order valence-corrected chi connectivity index (χ4v) is 4.22. The maximum Gasteiger partial charge on any atom is 0.224 e. The minimum atomic E-state index is -0.495. The average molecular weight is 330 g/mol. The number of aromatic nitrogens is 2. The van der Waals surface area contributed by atoms with Crippen molar-refractivity contribution in [2.75, 3.05) is 19.3 Å². The van der Waals surface area contributed by atoms with Crippen LogP contribution in [0.2, 0.25) is 0 Å². The molecule has 2 aromatic heterocycles. The molecular formula is C17H22N4OS. The third-order valence-corrected chi connectivity index (χ3v) is 5.84. The Bertz CT molecular complexity index is 759. The van der Waals surface area contributed by atoms with Crippen LogP contribution in [0.3, 0.4) is 0 Å². The molecule has 0 aromatic carbocycles. The molecule has 2 N–H and O–H groups in total. The fraction of sp³-hybridized carbons (Fsp3) is 0.529. The second-order valence-electron chi connectivity index (χ2n) is 7.07. The number of hydrogen-bond acceptors (Lipinski definition) is 4. The van der Waals surface area contributed by atoms with Gasteiger partial charge in [-0.1, -0.05) is 0 Å². The lowest BCUT2D eigenvalue weighted by atomic mass is 10.0. The number of fused-ring (bicyclic) bond motifs is 2. The lowest BCUT2D eigenvalue weighted by Gasteiger charge is -2.26. The summed E-state index contributed by atoms with van der Waals surface area (Å²) in [5.41, 5.74) is 0.554. The van der Waals surface area contributed by atoms with E-state index >= 15 is 0 Å². The van der Waals surface area contributed by atoms with E-state index in [9.17, 15) is 4.79 Å². The number of pyridine rings is 1. The number of thioether (sulfide) groups is 1. The van der Waals surface area contributed by atoms with Crippen molar-refractivity contribution in [1.29, 1.82) is 0 Å². The van der Waals surface area contributed by atoms with E-state index in [1.807, 2.05) is 20.0 Å². The van der Waals surface area contributed by atoms with E-state index in [1.54, 1.807) is 11.8 Å². The first-order valence-electron chi connectivity index (χ1n) is 8.05. The molecule has 3 atom stereocenters. The molecule has 5 nitrogen and oxygen atoms in total. The molecule has 1 aliphatic carbocycles. The largest absolute Gasteiger partial charge is 0.344 e. The third kappa shape index (κ3) is 2.44. The van der Waals surface area contributed by atoms with Gasteiger partial charge in [-0.2, -0.15) is 0 Å². The molecular weight excluding hydrogens is 308 g/mol. The van der Waals surface area contributed by atoms with Gasteiger partial charge in [0.15, 0.2) is 0 Å². The molecule has 0 radical (unpaired) electrons. The number of imidazole rings is 1. The predicted octanol–water partition coefficient (Wildman–Crippen LogP) is 1.87. The van der Waals surface area contributed by atoms with Crippen LogP contribution in [0.5, 0.6) is 0 Å². The zero-order chi connectivity index (χ0) is 16.2. The third-order valence-electron chi connectivity index (χ3n) is 5.13. The lowest BCUT2D eigenvalue weighted by molar-refractivity contribution is -0.124. The van der Waals surface area contributed by atoms with Crippen LogP contribution in [0.1, 0.15) is 19.7 Å². The first kappa shape index (κ1) is 15.0. The molecule has 2 fully saturated rings. The summed E-state index contributed by atoms with van der Waals surface area (Å²) in [5, 5.41) is 6.56. The van der Waals surface area contributed by atoms with Gasteiger partial charge < -0.3 is 15.0 Å². The molecule has 2 aliphatic rings. The van der Waals surface area contributed by atoms with Gasteiger partial charge in [0.05, 0.1) is 17.3 Å². The number of nitrogens with zero attached hydrogens (tertiary/aromatic N) is 2. The van der Waals surface area contributed by atoms with E-state index in [0.29, 0.717) is 11.8 Å². The van der Waals surface area contributed by atoms with E-state index in [-0.39, 0.29) is 11.8 Å². The van der Waals surface area contributed by atoms with Gasteiger partial charge in [0.2, 0.25) is 5.91 Å². The van der Waals surface area contributed by atoms with Crippen LogP contribution < -0.4 is 10.6 Å². The molecule has 1 amide bonds. The maximum atomic E-state index is 12.6. The standard InChI is InChI=1S/C17H22N4OS/c1-17(2,20-15(22)14-12-7-18-8-13(12)14)16-19-6-10-4-5-11(23-3)9-21(10)16/h4-6,9,12-14,18H,7-8H2,1-3H3,(H,20,22)/t12-,13+,14+. The quantitative estimate of drug-likeness (QED) is 0.841. The molecule has 0 bridgehead atoms. The van der Waals surface area contributed by atoms with Crippen LogP contribution in [-0.2, 0) is 10.3 Å². The van der Waals surface area contributed by atoms with Gasteiger partial charge in [0, 0.05) is 17.0 Å². The van der Waals surface area contributed by atoms with Gasteiger partial charge >= 0.3 is 0 Å². The molecule has 3 heterocycles. The van der Waals surface area contributed by atoms with Gasteiger partial charge in [0.25, 0.3) is 0 Å². The topological polar surface area (TPSA) is 58.4 Å². The van der Waals surface area contributed by atoms with E-state index in [4.69, 9.17) is 0 Å². The van der Waals surface area contributed by atoms with Crippen molar-refractivity contribution in [2.45, 2.75) is 24.3 Å². The Morgan fingerprint density at radius 2 is 2.13 bits per heavy atom. The summed E-state index contributed by atoms with van der Waals surface area (Å²) in [5.74, 6) is 2.30. The number of piperidine rings is 1. The number of amides is 1. The molecule has 0 unspecified atom stereocenters. The van der Waals surface area contributed by atoms with E-state index in [0.717, 1.165) is 24.4 Å². The summed E-state index contributed by atoms with van der Waals surface area (Å²) in [6.07, 6.45) is 6.01. The summed E-state index contributed by atoms with van der Waals surface area (Å²) in [6.45, 7) is 6.02. The highest BCUT2D eigenvalue weighted by Crippen LogP contribution is 2.49. The Labute approximate surface area is 140 Å². The van der Waals surface area contributed by atoms with Crippen LogP contribution in [0, 0.1) is 17.8 Å². The molecule has 122 valence electrons. The fourth-order valence-electron chi connectivity index (χ4n) is 3.81. The SMILES string of the molecule is CSc1ccc2cnc(C(C)(C)NC(=O)[C@H]3[C@@H]4CNC[C@@H]43)n2c1. The van der Waals surface area contributed by atoms with Gasteiger partial charge in [-0.15, -0.1) is 11.8 Å². The van der Waals surface area contributed by atoms with Crippen molar-refractivity contribution >= 4 is 23.2 Å². The summed E-state index contributed by atoms with van der Waals surface area (Å²) in [6, 6.07) is 4.16. The Morgan fingerprint density at radius 1 is 1.39 bits per heavy atom. The molecule has 23 heavy (non-hydrogen) atoms. The molecule has 2 aromatic rings. The van der Waals surface area contributed by atoms with Gasteiger partial charge in [-0.25, -0.2) is 4.98 Å². The first-order valence-corrected chi connectivity index (χ1v) is 9.28. The minimum absolute atomic E-state index is 0.171. The van der Waals surface area contributed by atoms with Crippen LogP contribution in [-0.4, -0.2) is 34.6 Å². The van der Waals surface area contributed by atoms with Crippen molar-refractivity contribution < 1.29 is 4.79 Å². The van der Waals surface area contributed by atoms with Crippen molar-refractivity contribution in [3.8, 4) is 0 Å². The first-order chi connectivity index (χ1) is 11.0. The summed E-state index contributed by atoms with van der Waals surface area (Å²) in [4.78, 5) is 18.4. The highest BCUT2D eigenvalue weighted by molar-refractivity contribution is 7.98. The Kier molecular flexibility index (Phi) is 3.43. The monoisotopic (exact) mass is 330 g/mol. The van der Waals surface area contributed by atoms with Gasteiger partial charge in [0.1, 0.15) is 5.82 Å². The molecule has 1 saturated heterocycles. The van der Waals surface area contributed by atoms with E-state index in [1.165, 1.54) is 4.90 Å². The Hall–Kier alpha value is -1.53. The van der Waals surface area contributed by atoms with Crippen LogP contribution >= 0.6 is 11.8 Å². The normalized spacial score (nSPS) is 26.3. The minimum Gasteiger partial charge on any atom is -0.344 e. The lowest BCUT2D eigenvalue weighted by Crippen LogP contribution is -2.44. The van der Waals surface area contributed by atoms with Gasteiger partial charge in [-0.05, 0) is 57.2 Å². The van der Waals surface area contributed by atoms with Gasteiger partial charge in [-0.3, -0.25) is 4.79 Å². The van der Waals surface area contributed by atoms with Crippen LogP contribution in [0.4, 0.5) is 0 Å². The summed E-state index contributed by atoms with van der Waals surface area (Å²) in [7, 11) is 0. The molecule has 1 saturated carbocycles. The van der Waals surface area contributed by atoms with Crippen molar-refractivity contribution in [2.24, 2.45) is 17.8 Å². The number of rotatable bonds is 4. The highest BCUT2D eigenvalue weighted by atomic mass is 32.2.